The Morgan fingerprint density at radius 2 is 0.500 bits per heavy atom. The molecule has 0 fully saturated rings. The van der Waals surface area contributed by atoms with Crippen molar-refractivity contribution in [2.45, 2.75) is 408 Å². The van der Waals surface area contributed by atoms with Gasteiger partial charge in [0.15, 0.2) is 12.2 Å². The van der Waals surface area contributed by atoms with Gasteiger partial charge in [-0.3, -0.25) is 37.3 Å². The smallest absolute Gasteiger partial charge is 0.462 e. The summed E-state index contributed by atoms with van der Waals surface area (Å²) in [5.41, 5.74) is 0. The predicted molar refractivity (Wildman–Crippen MR) is 391 cm³/mol. The van der Waals surface area contributed by atoms with Crippen molar-refractivity contribution in [3.05, 3.63) is 0 Å². The normalized spacial score (nSPS) is 14.4. The maximum Gasteiger partial charge on any atom is 0.472 e. The Bertz CT molecular complexity index is 1890. The molecule has 0 saturated heterocycles. The van der Waals surface area contributed by atoms with Crippen LogP contribution in [0.1, 0.15) is 389 Å². The molecule has 0 aromatic heterocycles. The third-order valence-corrected chi connectivity index (χ3v) is 20.1. The summed E-state index contributed by atoms with van der Waals surface area (Å²) in [6.07, 6.45) is 51.4. The summed E-state index contributed by atoms with van der Waals surface area (Å²) < 4.78 is 68.5. The van der Waals surface area contributed by atoms with Crippen molar-refractivity contribution in [3.63, 3.8) is 0 Å². The zero-order valence-electron chi connectivity index (χ0n) is 63.0. The lowest BCUT2D eigenvalue weighted by Gasteiger charge is -2.21. The number of phosphoric acid groups is 2. The highest BCUT2D eigenvalue weighted by Crippen LogP contribution is 2.45. The van der Waals surface area contributed by atoms with E-state index in [0.717, 1.165) is 114 Å². The molecule has 0 aliphatic heterocycles. The van der Waals surface area contributed by atoms with Gasteiger partial charge < -0.3 is 33.8 Å². The van der Waals surface area contributed by atoms with Gasteiger partial charge >= 0.3 is 39.5 Å². The van der Waals surface area contributed by atoms with E-state index < -0.39 is 97.5 Å². The van der Waals surface area contributed by atoms with Crippen molar-refractivity contribution in [2.24, 2.45) is 23.7 Å². The summed E-state index contributed by atoms with van der Waals surface area (Å²) in [4.78, 5) is 72.8. The second kappa shape index (κ2) is 66.3. The lowest BCUT2D eigenvalue weighted by Crippen LogP contribution is -2.30. The number of rotatable bonds is 74. The van der Waals surface area contributed by atoms with Gasteiger partial charge in [-0.1, -0.05) is 338 Å². The molecule has 0 aromatic rings. The first kappa shape index (κ1) is 94.1. The average molecular weight is 1410 g/mol. The standard InChI is InChI=1S/C77H150O17P2/c1-9-70(8)56-48-40-31-25-18-14-10-11-15-20-27-33-43-51-59-76(81)93-72(63-87-74(79)57-49-41-32-26-19-16-12-13-17-23-29-37-45-53-67(2)3)65-91-95(83,84)89-61-71(78)62-90-96(85,86)92-66-73(64-88-75(80)58-50-42-36-35-39-47-55-69(6)7)94-77(82)60-52-44-34-28-22-21-24-30-38-46-54-68(4)5/h67-73,78H,9-66H2,1-8H3,(H,83,84)(H,85,86)/t70?,71-,72-,73-/m1/s1. The average Bonchev–Trinajstić information content (AvgIpc) is 1.31. The number of unbranched alkanes of at least 4 members (excludes halogenated alkanes) is 39. The van der Waals surface area contributed by atoms with Crippen molar-refractivity contribution in [1.29, 1.82) is 0 Å². The van der Waals surface area contributed by atoms with E-state index >= 15 is 0 Å². The second-order valence-electron chi connectivity index (χ2n) is 29.4. The minimum atomic E-state index is -4.96. The zero-order valence-corrected chi connectivity index (χ0v) is 64.8. The van der Waals surface area contributed by atoms with Crippen molar-refractivity contribution < 1.29 is 80.2 Å². The number of hydrogen-bond acceptors (Lipinski definition) is 15. The Kier molecular flexibility index (Phi) is 65.0. The lowest BCUT2D eigenvalue weighted by molar-refractivity contribution is -0.161. The Balaban J connectivity index is 5.24. The van der Waals surface area contributed by atoms with Crippen LogP contribution in [0.25, 0.3) is 0 Å². The predicted octanol–water partition coefficient (Wildman–Crippen LogP) is 22.4. The molecule has 0 bridgehead atoms. The quantitative estimate of drug-likeness (QED) is 0.0222. The number of carbonyl (C=O) groups excluding carboxylic acids is 4. The number of aliphatic hydroxyl groups excluding tert-OH is 1. The molecule has 3 N–H and O–H groups in total. The number of carbonyl (C=O) groups is 4. The molecule has 96 heavy (non-hydrogen) atoms. The lowest BCUT2D eigenvalue weighted by atomic mass is 9.99. The largest absolute Gasteiger partial charge is 0.472 e. The zero-order chi connectivity index (χ0) is 71.0. The van der Waals surface area contributed by atoms with Crippen molar-refractivity contribution in [3.8, 4) is 0 Å². The van der Waals surface area contributed by atoms with Gasteiger partial charge in [-0.15, -0.1) is 0 Å². The third-order valence-electron chi connectivity index (χ3n) is 18.2. The highest BCUT2D eigenvalue weighted by atomic mass is 31.2. The molecule has 3 unspecified atom stereocenters. The van der Waals surface area contributed by atoms with Crippen LogP contribution in [0, 0.1) is 23.7 Å². The van der Waals surface area contributed by atoms with Crippen LogP contribution in [0.5, 0.6) is 0 Å². The van der Waals surface area contributed by atoms with E-state index in [2.05, 4.69) is 55.4 Å². The van der Waals surface area contributed by atoms with Crippen molar-refractivity contribution in [1.82, 2.24) is 0 Å². The van der Waals surface area contributed by atoms with E-state index in [9.17, 15) is 43.2 Å². The van der Waals surface area contributed by atoms with Crippen LogP contribution >= 0.6 is 15.6 Å². The molecule has 17 nitrogen and oxygen atoms in total. The summed E-state index contributed by atoms with van der Waals surface area (Å²) in [7, 11) is -9.91. The fourth-order valence-electron chi connectivity index (χ4n) is 11.7. The third kappa shape index (κ3) is 69.2. The number of hydrogen-bond donors (Lipinski definition) is 3. The highest BCUT2D eigenvalue weighted by molar-refractivity contribution is 7.47. The Morgan fingerprint density at radius 3 is 0.740 bits per heavy atom. The minimum Gasteiger partial charge on any atom is -0.462 e. The van der Waals surface area contributed by atoms with Gasteiger partial charge in [0, 0.05) is 25.7 Å². The Morgan fingerprint density at radius 1 is 0.292 bits per heavy atom. The highest BCUT2D eigenvalue weighted by Gasteiger charge is 2.30. The van der Waals surface area contributed by atoms with Gasteiger partial charge in [-0.25, -0.2) is 9.13 Å². The van der Waals surface area contributed by atoms with E-state index in [1.165, 1.54) is 186 Å². The van der Waals surface area contributed by atoms with Crippen LogP contribution in [0.4, 0.5) is 0 Å². The first-order valence-electron chi connectivity index (χ1n) is 39.7. The molecule has 0 saturated carbocycles. The Hall–Kier alpha value is -1.94. The van der Waals surface area contributed by atoms with E-state index in [4.69, 9.17) is 37.0 Å². The summed E-state index contributed by atoms with van der Waals surface area (Å²) in [6, 6.07) is 0. The molecular weight excluding hydrogens is 1260 g/mol. The van der Waals surface area contributed by atoms with Crippen LogP contribution in [-0.4, -0.2) is 96.7 Å². The van der Waals surface area contributed by atoms with Crippen LogP contribution in [0.15, 0.2) is 0 Å². The molecule has 19 heteroatoms. The van der Waals surface area contributed by atoms with Crippen molar-refractivity contribution >= 4 is 39.5 Å². The first-order valence-corrected chi connectivity index (χ1v) is 42.7. The topological polar surface area (TPSA) is 237 Å². The molecule has 0 aliphatic carbocycles. The number of esters is 4. The summed E-state index contributed by atoms with van der Waals surface area (Å²) >= 11 is 0. The van der Waals surface area contributed by atoms with Crippen molar-refractivity contribution in [2.75, 3.05) is 39.6 Å². The Labute approximate surface area is 588 Å². The number of aliphatic hydroxyl groups is 1. The molecule has 0 radical (unpaired) electrons. The van der Waals surface area contributed by atoms with E-state index in [-0.39, 0.29) is 25.7 Å². The molecule has 0 heterocycles. The van der Waals surface area contributed by atoms with Crippen LogP contribution in [0.2, 0.25) is 0 Å². The SMILES string of the molecule is CCC(C)CCCCCCCCCCCCCCCCC(=O)O[C@H](COC(=O)CCCCCCCCCCCCCCCC(C)C)COP(=O)(O)OC[C@@H](O)COP(=O)(O)OC[C@@H](COC(=O)CCCCCCCCC(C)C)OC(=O)CCCCCCCCCCCCC(C)C. The molecule has 6 atom stereocenters. The van der Waals surface area contributed by atoms with Gasteiger partial charge in [-0.2, -0.15) is 0 Å². The minimum absolute atomic E-state index is 0.105. The van der Waals surface area contributed by atoms with Crippen LogP contribution in [-0.2, 0) is 65.4 Å². The maximum absolute atomic E-state index is 13.1. The molecule has 0 aromatic carbocycles. The van der Waals surface area contributed by atoms with Gasteiger partial charge in [0.2, 0.25) is 0 Å². The summed E-state index contributed by atoms with van der Waals surface area (Å²) in [5.74, 6) is 0.947. The van der Waals surface area contributed by atoms with Gasteiger partial charge in [0.1, 0.15) is 19.3 Å². The fraction of sp³-hybridized carbons (Fsp3) is 0.948. The van der Waals surface area contributed by atoms with Gasteiger partial charge in [0.25, 0.3) is 0 Å². The van der Waals surface area contributed by atoms with Gasteiger partial charge in [-0.05, 0) is 49.4 Å². The molecule has 0 rings (SSSR count). The second-order valence-corrected chi connectivity index (χ2v) is 32.3. The molecular formula is C77H150O17P2. The summed E-state index contributed by atoms with van der Waals surface area (Å²) in [5, 5.41) is 10.6. The number of phosphoric ester groups is 2. The molecule has 570 valence electrons. The van der Waals surface area contributed by atoms with Gasteiger partial charge in [0.05, 0.1) is 26.4 Å². The fourth-order valence-corrected chi connectivity index (χ4v) is 13.3. The van der Waals surface area contributed by atoms with Crippen LogP contribution < -0.4 is 0 Å². The van der Waals surface area contributed by atoms with E-state index in [1.54, 1.807) is 0 Å². The molecule has 0 spiro atoms. The summed E-state index contributed by atoms with van der Waals surface area (Å²) in [6.45, 7) is 14.2. The molecule has 0 aliphatic rings. The van der Waals surface area contributed by atoms with E-state index in [1.807, 2.05) is 0 Å². The number of ether oxygens (including phenoxy) is 4. The van der Waals surface area contributed by atoms with Crippen LogP contribution in [0.3, 0.4) is 0 Å². The molecule has 0 amide bonds. The van der Waals surface area contributed by atoms with E-state index in [0.29, 0.717) is 31.6 Å². The maximum atomic E-state index is 13.1. The monoisotopic (exact) mass is 1410 g/mol. The first-order chi connectivity index (χ1) is 46.1.